The summed E-state index contributed by atoms with van der Waals surface area (Å²) in [5.74, 6) is -0.752. The van der Waals surface area contributed by atoms with Gasteiger partial charge in [0, 0.05) is 75.4 Å². The minimum atomic E-state index is -5.22. The summed E-state index contributed by atoms with van der Waals surface area (Å²) in [6.45, 7) is 1.77. The van der Waals surface area contributed by atoms with E-state index in [4.69, 9.17) is 10.5 Å². The van der Waals surface area contributed by atoms with Crippen LogP contribution in [0.2, 0.25) is 0 Å². The number of aromatic nitrogens is 1. The third kappa shape index (κ3) is 7.53. The van der Waals surface area contributed by atoms with E-state index in [-0.39, 0.29) is 38.3 Å². The third-order valence-corrected chi connectivity index (χ3v) is 10.0. The van der Waals surface area contributed by atoms with Gasteiger partial charge < -0.3 is 30.1 Å². The summed E-state index contributed by atoms with van der Waals surface area (Å²) < 4.78 is 88.5. The number of nitrogen functional groups attached to an aromatic ring is 1. The summed E-state index contributed by atoms with van der Waals surface area (Å²) in [6.07, 6.45) is -9.87. The lowest BCUT2D eigenvalue weighted by Crippen LogP contribution is -2.54. The highest BCUT2D eigenvalue weighted by Gasteiger charge is 2.42. The van der Waals surface area contributed by atoms with E-state index in [0.717, 1.165) is 16.3 Å². The Bertz CT molecular complexity index is 1690. The SMILES string of the molecule is Nc1c(C(F)(F)F)cc(C[C@@H](OC(=O)N2CCC(N3Cc4ccsc4NC3=O)CC2)C(=O)N2CCN(c3ccncc3)CC2)cc1C(F)(F)F. The fraction of sp³-hybridized carbons (Fsp3) is 0.438. The number of nitrogens with one attached hydrogen (secondary N) is 1. The molecule has 0 unspecified atom stereocenters. The van der Waals surface area contributed by atoms with Crippen molar-refractivity contribution in [1.29, 1.82) is 0 Å². The Kier molecular flexibility index (Phi) is 9.74. The van der Waals surface area contributed by atoms with Gasteiger partial charge in [0.2, 0.25) is 0 Å². The number of carbonyl (C=O) groups is 3. The molecule has 2 saturated heterocycles. The number of halogens is 6. The number of likely N-dealkylation sites (tertiary alicyclic amines) is 1. The Morgan fingerprint density at radius 3 is 2.16 bits per heavy atom. The van der Waals surface area contributed by atoms with Gasteiger partial charge in [0.25, 0.3) is 5.91 Å². The van der Waals surface area contributed by atoms with Gasteiger partial charge >= 0.3 is 24.5 Å². The van der Waals surface area contributed by atoms with E-state index in [1.54, 1.807) is 29.4 Å². The number of amides is 4. The van der Waals surface area contributed by atoms with E-state index < -0.39 is 59.3 Å². The molecule has 0 saturated carbocycles. The molecular formula is C32H33F6N7O4S. The molecule has 6 rings (SSSR count). The fourth-order valence-electron chi connectivity index (χ4n) is 6.48. The molecule has 18 heteroatoms. The van der Waals surface area contributed by atoms with E-state index >= 15 is 0 Å². The molecule has 5 heterocycles. The molecule has 3 aliphatic heterocycles. The number of nitrogens with zero attached hydrogens (tertiary/aromatic N) is 5. The van der Waals surface area contributed by atoms with Crippen LogP contribution in [0.4, 0.5) is 52.3 Å². The topological polar surface area (TPSA) is 124 Å². The maximum Gasteiger partial charge on any atom is 0.418 e. The molecule has 50 heavy (non-hydrogen) atoms. The molecule has 3 N–H and O–H groups in total. The quantitative estimate of drug-likeness (QED) is 0.248. The van der Waals surface area contributed by atoms with Crippen LogP contribution in [0.25, 0.3) is 0 Å². The minimum absolute atomic E-state index is 0.146. The number of benzene rings is 1. The molecule has 2 aromatic heterocycles. The van der Waals surface area contributed by atoms with Crippen molar-refractivity contribution in [3.8, 4) is 0 Å². The number of thiophene rings is 1. The van der Waals surface area contributed by atoms with Gasteiger partial charge in [0.05, 0.1) is 23.4 Å². The van der Waals surface area contributed by atoms with Gasteiger partial charge in [-0.15, -0.1) is 11.3 Å². The van der Waals surface area contributed by atoms with Crippen molar-refractivity contribution in [2.45, 2.75) is 50.3 Å². The van der Waals surface area contributed by atoms with Crippen LogP contribution in [0.15, 0.2) is 48.1 Å². The molecule has 1 aromatic carbocycles. The van der Waals surface area contributed by atoms with Crippen molar-refractivity contribution in [3.63, 3.8) is 0 Å². The second-order valence-electron chi connectivity index (χ2n) is 12.2. The number of piperidine rings is 1. The first-order valence-electron chi connectivity index (χ1n) is 15.8. The molecule has 268 valence electrons. The Labute approximate surface area is 286 Å². The normalized spacial score (nSPS) is 18.1. The summed E-state index contributed by atoms with van der Waals surface area (Å²) in [7, 11) is 0. The van der Waals surface area contributed by atoms with Crippen LogP contribution < -0.4 is 16.0 Å². The van der Waals surface area contributed by atoms with Crippen LogP contribution in [0, 0.1) is 0 Å². The first-order valence-corrected chi connectivity index (χ1v) is 16.7. The van der Waals surface area contributed by atoms with Crippen molar-refractivity contribution in [1.82, 2.24) is 19.7 Å². The highest BCUT2D eigenvalue weighted by Crippen LogP contribution is 2.42. The number of hydrogen-bond donors (Lipinski definition) is 2. The number of carbonyl (C=O) groups excluding carboxylic acids is 3. The number of ether oxygens (including phenoxy) is 1. The molecule has 3 aromatic rings. The van der Waals surface area contributed by atoms with Crippen LogP contribution >= 0.6 is 11.3 Å². The van der Waals surface area contributed by atoms with Crippen LogP contribution in [0.1, 0.15) is 35.1 Å². The number of hydrogen-bond acceptors (Lipinski definition) is 8. The molecule has 4 amide bonds. The molecule has 2 fully saturated rings. The van der Waals surface area contributed by atoms with Crippen molar-refractivity contribution in [3.05, 3.63) is 70.4 Å². The second kappa shape index (κ2) is 13.9. The van der Waals surface area contributed by atoms with Gasteiger partial charge in [-0.25, -0.2) is 9.59 Å². The highest BCUT2D eigenvalue weighted by molar-refractivity contribution is 7.14. The summed E-state index contributed by atoms with van der Waals surface area (Å²) in [5.41, 5.74) is 1.74. The predicted molar refractivity (Wildman–Crippen MR) is 171 cm³/mol. The smallest absolute Gasteiger partial charge is 0.418 e. The highest BCUT2D eigenvalue weighted by atomic mass is 32.1. The molecular weight excluding hydrogens is 692 g/mol. The lowest BCUT2D eigenvalue weighted by atomic mass is 9.97. The zero-order chi connectivity index (χ0) is 35.8. The Hall–Kier alpha value is -4.74. The van der Waals surface area contributed by atoms with Crippen LogP contribution in [-0.2, 0) is 34.8 Å². The Morgan fingerprint density at radius 2 is 1.56 bits per heavy atom. The monoisotopic (exact) mass is 725 g/mol. The molecule has 0 radical (unpaired) electrons. The minimum Gasteiger partial charge on any atom is -0.436 e. The largest absolute Gasteiger partial charge is 0.436 e. The van der Waals surface area contributed by atoms with Gasteiger partial charge in [0.1, 0.15) is 5.00 Å². The molecule has 0 bridgehead atoms. The Morgan fingerprint density at radius 1 is 0.940 bits per heavy atom. The van der Waals surface area contributed by atoms with Crippen molar-refractivity contribution < 1.29 is 45.5 Å². The summed E-state index contributed by atoms with van der Waals surface area (Å²) in [4.78, 5) is 50.4. The van der Waals surface area contributed by atoms with Crippen molar-refractivity contribution in [2.75, 3.05) is 55.2 Å². The number of alkyl halides is 6. The maximum atomic E-state index is 13.9. The van der Waals surface area contributed by atoms with Crippen LogP contribution in [0.5, 0.6) is 0 Å². The van der Waals surface area contributed by atoms with E-state index in [1.807, 2.05) is 16.3 Å². The number of pyridine rings is 1. The lowest BCUT2D eigenvalue weighted by Gasteiger charge is -2.40. The second-order valence-corrected chi connectivity index (χ2v) is 13.2. The molecule has 11 nitrogen and oxygen atoms in total. The zero-order valence-electron chi connectivity index (χ0n) is 26.5. The van der Waals surface area contributed by atoms with Gasteiger partial charge in [-0.05, 0) is 54.1 Å². The Balaban J connectivity index is 1.19. The van der Waals surface area contributed by atoms with Crippen molar-refractivity contribution in [2.24, 2.45) is 0 Å². The van der Waals surface area contributed by atoms with Crippen LogP contribution in [0.3, 0.4) is 0 Å². The standard InChI is InChI=1S/C32H33F6N7O4S/c33-31(34,35)23-15-19(16-24(26(23)39)32(36,37)38)17-25(28(46)43-12-10-42(11-13-43)21-1-6-40-7-2-21)49-30(48)44-8-3-22(4-9-44)45-18-20-5-14-50-27(20)41-29(45)47/h1-2,5-7,14-16,22,25H,3-4,8-13,17-18,39H2,(H,41,47)/t25-/m1/s1. The number of anilines is 3. The van der Waals surface area contributed by atoms with Gasteiger partial charge in [-0.1, -0.05) is 0 Å². The molecule has 1 atom stereocenters. The zero-order valence-corrected chi connectivity index (χ0v) is 27.3. The number of urea groups is 1. The summed E-state index contributed by atoms with van der Waals surface area (Å²) in [5, 5.41) is 5.52. The summed E-state index contributed by atoms with van der Waals surface area (Å²) >= 11 is 1.42. The van der Waals surface area contributed by atoms with E-state index in [0.29, 0.717) is 44.6 Å². The van der Waals surface area contributed by atoms with E-state index in [9.17, 15) is 40.7 Å². The number of nitrogens with two attached hydrogens (primary N) is 1. The van der Waals surface area contributed by atoms with Gasteiger partial charge in [-0.3, -0.25) is 15.1 Å². The summed E-state index contributed by atoms with van der Waals surface area (Å²) in [6, 6.07) is 5.96. The number of piperazine rings is 1. The van der Waals surface area contributed by atoms with E-state index in [1.165, 1.54) is 21.1 Å². The van der Waals surface area contributed by atoms with E-state index in [2.05, 4.69) is 10.3 Å². The number of fused-ring (bicyclic) bond motifs is 1. The molecule has 0 spiro atoms. The van der Waals surface area contributed by atoms with Crippen molar-refractivity contribution >= 4 is 45.7 Å². The van der Waals surface area contributed by atoms with Gasteiger partial charge in [-0.2, -0.15) is 26.3 Å². The third-order valence-electron chi connectivity index (χ3n) is 9.14. The lowest BCUT2D eigenvalue weighted by molar-refractivity contribution is -0.141. The fourth-order valence-corrected chi connectivity index (χ4v) is 7.28. The molecule has 0 aliphatic carbocycles. The van der Waals surface area contributed by atoms with Gasteiger partial charge in [0.15, 0.2) is 6.10 Å². The molecule has 3 aliphatic rings. The first kappa shape index (κ1) is 35.1. The average Bonchev–Trinajstić information content (AvgIpc) is 3.54. The average molecular weight is 726 g/mol. The van der Waals surface area contributed by atoms with Crippen LogP contribution in [-0.4, -0.2) is 89.1 Å². The first-order chi connectivity index (χ1) is 23.7. The number of rotatable bonds is 6. The predicted octanol–water partition coefficient (Wildman–Crippen LogP) is 5.67. The maximum absolute atomic E-state index is 13.9.